The van der Waals surface area contributed by atoms with Crippen molar-refractivity contribution in [1.29, 1.82) is 0 Å². The lowest BCUT2D eigenvalue weighted by Crippen LogP contribution is -2.13. The van der Waals surface area contributed by atoms with E-state index in [0.29, 0.717) is 5.02 Å². The maximum atomic E-state index is 5.84. The molecule has 0 aliphatic heterocycles. The highest BCUT2D eigenvalue weighted by molar-refractivity contribution is 6.30. The summed E-state index contributed by atoms with van der Waals surface area (Å²) in [5, 5.41) is 3.85. The van der Waals surface area contributed by atoms with Gasteiger partial charge in [0.05, 0.1) is 7.11 Å². The summed E-state index contributed by atoms with van der Waals surface area (Å²) in [4.78, 5) is 0. The van der Waals surface area contributed by atoms with E-state index >= 15 is 0 Å². The van der Waals surface area contributed by atoms with Gasteiger partial charge in [-0.2, -0.15) is 0 Å². The highest BCUT2D eigenvalue weighted by Crippen LogP contribution is 2.27. The maximum absolute atomic E-state index is 5.84. The van der Waals surface area contributed by atoms with E-state index in [0.717, 1.165) is 11.3 Å². The summed E-state index contributed by atoms with van der Waals surface area (Å²) in [6.45, 7) is 2.08. The Balaban J connectivity index is 3.05. The first-order valence-electron chi connectivity index (χ1n) is 4.19. The van der Waals surface area contributed by atoms with Crippen LogP contribution in [0.2, 0.25) is 5.02 Å². The molecule has 0 radical (unpaired) electrons. The van der Waals surface area contributed by atoms with Gasteiger partial charge in [-0.05, 0) is 26.1 Å². The van der Waals surface area contributed by atoms with Crippen LogP contribution in [0.15, 0.2) is 18.2 Å². The molecule has 1 N–H and O–H groups in total. The van der Waals surface area contributed by atoms with Gasteiger partial charge < -0.3 is 10.1 Å². The van der Waals surface area contributed by atoms with Crippen LogP contribution in [0.1, 0.15) is 18.5 Å². The minimum absolute atomic E-state index is 0.271. The van der Waals surface area contributed by atoms with Crippen molar-refractivity contribution < 1.29 is 4.74 Å². The normalized spacial score (nSPS) is 12.6. The number of rotatable bonds is 3. The Bertz CT molecular complexity index is 288. The molecule has 0 aliphatic carbocycles. The zero-order chi connectivity index (χ0) is 9.84. The fourth-order valence-corrected chi connectivity index (χ4v) is 1.36. The van der Waals surface area contributed by atoms with E-state index in [1.54, 1.807) is 7.11 Å². The van der Waals surface area contributed by atoms with Crippen molar-refractivity contribution in [2.75, 3.05) is 14.2 Å². The number of hydrogen-bond acceptors (Lipinski definition) is 2. The summed E-state index contributed by atoms with van der Waals surface area (Å²) in [6, 6.07) is 5.94. The van der Waals surface area contributed by atoms with Crippen molar-refractivity contribution in [2.24, 2.45) is 0 Å². The van der Waals surface area contributed by atoms with Crippen molar-refractivity contribution in [2.45, 2.75) is 13.0 Å². The van der Waals surface area contributed by atoms with E-state index in [1.165, 1.54) is 0 Å². The van der Waals surface area contributed by atoms with Crippen LogP contribution in [0, 0.1) is 0 Å². The van der Waals surface area contributed by atoms with Crippen LogP contribution in [-0.4, -0.2) is 14.2 Å². The Hall–Kier alpha value is -0.730. The van der Waals surface area contributed by atoms with Crippen LogP contribution in [0.4, 0.5) is 0 Å². The molecule has 0 bridgehead atoms. The van der Waals surface area contributed by atoms with Gasteiger partial charge in [-0.1, -0.05) is 17.7 Å². The number of benzene rings is 1. The summed E-state index contributed by atoms with van der Waals surface area (Å²) in [5.41, 5.74) is 1.12. The number of ether oxygens (including phenoxy) is 1. The number of hydrogen-bond donors (Lipinski definition) is 1. The molecule has 0 amide bonds. The topological polar surface area (TPSA) is 21.3 Å². The third-order valence-corrected chi connectivity index (χ3v) is 2.33. The molecule has 0 aliphatic rings. The van der Waals surface area contributed by atoms with Gasteiger partial charge in [-0.3, -0.25) is 0 Å². The van der Waals surface area contributed by atoms with Crippen LogP contribution < -0.4 is 10.1 Å². The Labute approximate surface area is 83.9 Å². The smallest absolute Gasteiger partial charge is 0.125 e. The largest absolute Gasteiger partial charge is 0.496 e. The van der Waals surface area contributed by atoms with E-state index in [9.17, 15) is 0 Å². The van der Waals surface area contributed by atoms with Crippen molar-refractivity contribution in [1.82, 2.24) is 5.32 Å². The van der Waals surface area contributed by atoms with Crippen molar-refractivity contribution in [3.63, 3.8) is 0 Å². The third kappa shape index (κ3) is 2.36. The maximum Gasteiger partial charge on any atom is 0.125 e. The van der Waals surface area contributed by atoms with Crippen molar-refractivity contribution in [3.05, 3.63) is 28.8 Å². The van der Waals surface area contributed by atoms with Crippen LogP contribution in [-0.2, 0) is 0 Å². The molecule has 1 rings (SSSR count). The van der Waals surface area contributed by atoms with Crippen LogP contribution >= 0.6 is 11.6 Å². The summed E-state index contributed by atoms with van der Waals surface area (Å²) >= 11 is 5.84. The molecule has 1 aromatic rings. The second kappa shape index (κ2) is 4.49. The van der Waals surface area contributed by atoms with Crippen LogP contribution in [0.3, 0.4) is 0 Å². The second-order valence-electron chi connectivity index (χ2n) is 2.90. The van der Waals surface area contributed by atoms with Gasteiger partial charge in [0.1, 0.15) is 5.75 Å². The number of methoxy groups -OCH3 is 1. The van der Waals surface area contributed by atoms with Gasteiger partial charge in [0.2, 0.25) is 0 Å². The monoisotopic (exact) mass is 199 g/mol. The molecule has 0 spiro atoms. The molecule has 1 unspecified atom stereocenters. The second-order valence-corrected chi connectivity index (χ2v) is 3.33. The molecule has 0 saturated carbocycles. The molecular formula is C10H14ClNO. The molecule has 0 saturated heterocycles. The number of halogens is 1. The first-order valence-corrected chi connectivity index (χ1v) is 4.57. The molecule has 0 fully saturated rings. The Morgan fingerprint density at radius 2 is 2.15 bits per heavy atom. The third-order valence-electron chi connectivity index (χ3n) is 2.10. The predicted octanol–water partition coefficient (Wildman–Crippen LogP) is 2.63. The molecule has 3 heteroatoms. The molecule has 1 atom stereocenters. The zero-order valence-electron chi connectivity index (χ0n) is 8.10. The summed E-state index contributed by atoms with van der Waals surface area (Å²) in [7, 11) is 3.57. The molecule has 72 valence electrons. The van der Waals surface area contributed by atoms with Gasteiger partial charge >= 0.3 is 0 Å². The molecular weight excluding hydrogens is 186 g/mol. The highest BCUT2D eigenvalue weighted by atomic mass is 35.5. The summed E-state index contributed by atoms with van der Waals surface area (Å²) in [6.07, 6.45) is 0. The standard InChI is InChI=1S/C10H14ClNO/c1-7(12-2)9-5-4-8(11)6-10(9)13-3/h4-7,12H,1-3H3. The van der Waals surface area contributed by atoms with Gasteiger partial charge in [0.15, 0.2) is 0 Å². The molecule has 0 heterocycles. The molecule has 2 nitrogen and oxygen atoms in total. The van der Waals surface area contributed by atoms with E-state index in [-0.39, 0.29) is 6.04 Å². The van der Waals surface area contributed by atoms with E-state index in [1.807, 2.05) is 25.2 Å². The Morgan fingerprint density at radius 3 is 2.69 bits per heavy atom. The molecule has 0 aromatic heterocycles. The highest BCUT2D eigenvalue weighted by Gasteiger charge is 2.09. The first-order chi connectivity index (χ1) is 6.19. The van der Waals surface area contributed by atoms with Gasteiger partial charge in [-0.25, -0.2) is 0 Å². The fraction of sp³-hybridized carbons (Fsp3) is 0.400. The van der Waals surface area contributed by atoms with Gasteiger partial charge in [-0.15, -0.1) is 0 Å². The lowest BCUT2D eigenvalue weighted by molar-refractivity contribution is 0.404. The average molecular weight is 200 g/mol. The predicted molar refractivity (Wildman–Crippen MR) is 55.5 cm³/mol. The number of nitrogens with one attached hydrogen (secondary N) is 1. The van der Waals surface area contributed by atoms with Crippen LogP contribution in [0.25, 0.3) is 0 Å². The van der Waals surface area contributed by atoms with E-state index < -0.39 is 0 Å². The summed E-state index contributed by atoms with van der Waals surface area (Å²) in [5.74, 6) is 0.828. The SMILES string of the molecule is CNC(C)c1ccc(Cl)cc1OC. The Morgan fingerprint density at radius 1 is 1.46 bits per heavy atom. The van der Waals surface area contributed by atoms with Gasteiger partial charge in [0.25, 0.3) is 0 Å². The average Bonchev–Trinajstić information content (AvgIpc) is 2.16. The van der Waals surface area contributed by atoms with E-state index in [4.69, 9.17) is 16.3 Å². The Kier molecular flexibility index (Phi) is 3.58. The molecule has 13 heavy (non-hydrogen) atoms. The summed E-state index contributed by atoms with van der Waals surface area (Å²) < 4.78 is 5.22. The minimum Gasteiger partial charge on any atom is -0.496 e. The van der Waals surface area contributed by atoms with Crippen molar-refractivity contribution >= 4 is 11.6 Å². The fourth-order valence-electron chi connectivity index (χ4n) is 1.20. The quantitative estimate of drug-likeness (QED) is 0.808. The molecule has 1 aromatic carbocycles. The van der Waals surface area contributed by atoms with E-state index in [2.05, 4.69) is 12.2 Å². The van der Waals surface area contributed by atoms with Crippen molar-refractivity contribution in [3.8, 4) is 5.75 Å². The lowest BCUT2D eigenvalue weighted by Gasteiger charge is -2.14. The minimum atomic E-state index is 0.271. The zero-order valence-corrected chi connectivity index (χ0v) is 8.85. The first kappa shape index (κ1) is 10.4. The van der Waals surface area contributed by atoms with Crippen LogP contribution in [0.5, 0.6) is 5.75 Å². The lowest BCUT2D eigenvalue weighted by atomic mass is 10.1. The van der Waals surface area contributed by atoms with Gasteiger partial charge in [0, 0.05) is 16.6 Å².